The van der Waals surface area contributed by atoms with Gasteiger partial charge in [-0.25, -0.2) is 24.9 Å². The topological polar surface area (TPSA) is 104 Å². The molecule has 0 spiro atoms. The van der Waals surface area contributed by atoms with Gasteiger partial charge >= 0.3 is 0 Å². The monoisotopic (exact) mass is 1490 g/mol. The van der Waals surface area contributed by atoms with E-state index < -0.39 is 0 Å². The van der Waals surface area contributed by atoms with E-state index in [0.717, 1.165) is 215 Å². The van der Waals surface area contributed by atoms with Gasteiger partial charge in [0.15, 0.2) is 0 Å². The normalized spacial score (nSPS) is 11.8. The summed E-state index contributed by atoms with van der Waals surface area (Å²) in [7, 11) is 0. The number of para-hydroxylation sites is 3. The predicted molar refractivity (Wildman–Crippen MR) is 486 cm³/mol. The fourth-order valence-electron chi connectivity index (χ4n) is 17.7. The lowest BCUT2D eigenvalue weighted by atomic mass is 9.95. The largest absolute Gasteiger partial charge is 0.455 e. The van der Waals surface area contributed by atoms with Gasteiger partial charge in [0.2, 0.25) is 0 Å². The zero-order chi connectivity index (χ0) is 77.0. The minimum Gasteiger partial charge on any atom is -0.455 e. The molecule has 25 aromatic rings. The first-order chi connectivity index (χ1) is 58.0. The molecule has 0 saturated heterocycles. The Morgan fingerprint density at radius 2 is 0.479 bits per heavy atom. The molecule has 0 radical (unpaired) electrons. The molecule has 0 aliphatic heterocycles. The molecule has 0 fully saturated rings. The van der Waals surface area contributed by atoms with Gasteiger partial charge in [0.1, 0.15) is 33.5 Å². The van der Waals surface area contributed by atoms with Gasteiger partial charge in [0, 0.05) is 92.6 Å². The minimum atomic E-state index is 0.883. The third-order valence-corrected chi connectivity index (χ3v) is 23.1. The summed E-state index contributed by atoms with van der Waals surface area (Å²) in [5.41, 5.74) is 23.7. The van der Waals surface area contributed by atoms with E-state index in [1.54, 1.807) is 0 Å². The van der Waals surface area contributed by atoms with Gasteiger partial charge in [0.25, 0.3) is 0 Å². The van der Waals surface area contributed by atoms with Crippen LogP contribution in [0.2, 0.25) is 0 Å². The second kappa shape index (κ2) is 27.6. The smallest absolute Gasteiger partial charge is 0.145 e. The number of hydrogen-bond acceptors (Lipinski definition) is 8. The Kier molecular flexibility index (Phi) is 15.8. The fraction of sp³-hybridized carbons (Fsp3) is 0. The molecule has 25 rings (SSSR count). The Balaban J connectivity index is 0.000000103. The molecule has 0 aliphatic rings. The van der Waals surface area contributed by atoms with Crippen molar-refractivity contribution >= 4 is 163 Å². The molecule has 0 bridgehead atoms. The maximum atomic E-state index is 6.42. The van der Waals surface area contributed by atoms with Crippen LogP contribution < -0.4 is 0 Å². The molecule has 0 unspecified atom stereocenters. The molecule has 8 aromatic heterocycles. The van der Waals surface area contributed by atoms with Gasteiger partial charge in [-0.15, -0.1) is 0 Å². The third-order valence-electron chi connectivity index (χ3n) is 23.1. The maximum absolute atomic E-state index is 6.42. The van der Waals surface area contributed by atoms with Crippen LogP contribution in [0.1, 0.15) is 0 Å². The van der Waals surface area contributed by atoms with Crippen LogP contribution in [-0.2, 0) is 0 Å². The minimum absolute atomic E-state index is 0.883. The van der Waals surface area contributed by atoms with E-state index >= 15 is 0 Å². The number of hydrogen-bond donors (Lipinski definition) is 0. The molecule has 0 saturated carbocycles. The van der Waals surface area contributed by atoms with E-state index in [0.29, 0.717) is 0 Å². The number of rotatable bonds is 7. The first-order valence-corrected chi connectivity index (χ1v) is 39.5. The zero-order valence-corrected chi connectivity index (χ0v) is 63.0. The van der Waals surface area contributed by atoms with Crippen molar-refractivity contribution in [2.75, 3.05) is 0 Å². The van der Waals surface area contributed by atoms with Gasteiger partial charge in [-0.2, -0.15) is 0 Å². The van der Waals surface area contributed by atoms with Crippen molar-refractivity contribution in [1.82, 2.24) is 24.9 Å². The van der Waals surface area contributed by atoms with E-state index in [1.165, 1.54) is 27.3 Å². The third kappa shape index (κ3) is 11.3. The summed E-state index contributed by atoms with van der Waals surface area (Å²) in [5.74, 6) is 0. The Bertz CT molecular complexity index is 8260. The summed E-state index contributed by atoms with van der Waals surface area (Å²) in [6.07, 6.45) is 0. The highest BCUT2D eigenvalue weighted by atomic mass is 16.3. The second-order valence-electron chi connectivity index (χ2n) is 29.9. The summed E-state index contributed by atoms with van der Waals surface area (Å²) in [6.45, 7) is 0. The molecule has 0 amide bonds. The van der Waals surface area contributed by atoms with Crippen molar-refractivity contribution in [2.24, 2.45) is 0 Å². The van der Waals surface area contributed by atoms with Crippen molar-refractivity contribution in [3.63, 3.8) is 0 Å². The molecular weight excluding hydrogens is 1430 g/mol. The zero-order valence-electron chi connectivity index (χ0n) is 63.0. The van der Waals surface area contributed by atoms with Crippen molar-refractivity contribution < 1.29 is 13.3 Å². The van der Waals surface area contributed by atoms with Crippen LogP contribution in [0.5, 0.6) is 0 Å². The molecule has 117 heavy (non-hydrogen) atoms. The Hall–Kier alpha value is -15.8. The highest BCUT2D eigenvalue weighted by Crippen LogP contribution is 2.46. The Labute approximate surface area is 670 Å². The van der Waals surface area contributed by atoms with E-state index in [9.17, 15) is 0 Å². The van der Waals surface area contributed by atoms with Gasteiger partial charge in [-0.1, -0.05) is 322 Å². The Morgan fingerprint density at radius 1 is 0.162 bits per heavy atom. The van der Waals surface area contributed by atoms with E-state index in [4.69, 9.17) is 38.2 Å². The molecule has 17 aromatic carbocycles. The molecule has 8 heteroatoms. The molecule has 544 valence electrons. The molecule has 8 heterocycles. The van der Waals surface area contributed by atoms with Crippen molar-refractivity contribution in [1.29, 1.82) is 0 Å². The number of fused-ring (bicyclic) bond motifs is 25. The summed E-state index contributed by atoms with van der Waals surface area (Å²) >= 11 is 0. The van der Waals surface area contributed by atoms with Gasteiger partial charge in [-0.05, 0) is 116 Å². The average molecular weight is 1490 g/mol. The summed E-state index contributed by atoms with van der Waals surface area (Å²) < 4.78 is 19.2. The second-order valence-corrected chi connectivity index (χ2v) is 29.9. The van der Waals surface area contributed by atoms with Gasteiger partial charge in [-0.3, -0.25) is 0 Å². The molecular formula is C109H65N5O3. The van der Waals surface area contributed by atoms with Crippen molar-refractivity contribution in [3.8, 4) is 78.7 Å². The lowest BCUT2D eigenvalue weighted by Crippen LogP contribution is -1.94. The quantitative estimate of drug-likeness (QED) is 0.145. The first-order valence-electron chi connectivity index (χ1n) is 39.5. The summed E-state index contributed by atoms with van der Waals surface area (Å²) in [4.78, 5) is 26.0. The standard InChI is InChI=1S/C38H22N2O.C36H22N2O.C35H21NO/c1-2-10-23(11-3-1)36-29-15-6-4-12-25(29)26-19-18-24(22-33(26)40-36)37-30-16-7-5-14-28(30)35-32(39-37)21-20-31-27-13-8-9-17-34(27)41-38(31)35;1-3-11-23(12-4-1)31-21-25(22-32(37-31)24-13-5-2-6-14-24)35-28-17-8-7-16-27(28)34-30(38-35)20-19-29-26-15-9-10-18-33(26)39-36(29)34;1-2-10-25-22(8-1)9-7-14-26(25)23-16-18-24(19-17-23)34-29-13-4-3-12-28(29)33-31(36-34)21-20-30-27-11-5-6-15-32(27)37-35(30)33/h1-22H;1-22H;1-21H. The fourth-order valence-corrected chi connectivity index (χ4v) is 17.7. The maximum Gasteiger partial charge on any atom is 0.145 e. The van der Waals surface area contributed by atoms with Gasteiger partial charge < -0.3 is 13.3 Å². The molecule has 8 nitrogen and oxygen atoms in total. The van der Waals surface area contributed by atoms with Crippen LogP contribution >= 0.6 is 0 Å². The Morgan fingerprint density at radius 3 is 0.940 bits per heavy atom. The number of aromatic nitrogens is 5. The number of pyridine rings is 5. The van der Waals surface area contributed by atoms with E-state index in [1.807, 2.05) is 78.9 Å². The first kappa shape index (κ1) is 67.0. The van der Waals surface area contributed by atoms with Crippen molar-refractivity contribution in [2.45, 2.75) is 0 Å². The lowest BCUT2D eigenvalue weighted by molar-refractivity contribution is 0.672. The number of furan rings is 3. The SMILES string of the molecule is c1ccc(-c2cc(-c3nc4ccc5c6ccccc6oc5c4c4ccccc34)cc(-c3ccccc3)n2)cc1.c1ccc(-c2nc3cc(-c4nc5ccc6c7ccccc7oc6c5c5ccccc45)ccc3c3ccccc23)cc1.c1ccc2c(-c3ccc(-c4nc5ccc6c7ccccc7oc6c5c5ccccc45)cc3)cccc2c1. The van der Waals surface area contributed by atoms with Crippen molar-refractivity contribution in [3.05, 3.63) is 394 Å². The van der Waals surface area contributed by atoms with Crippen LogP contribution in [0.15, 0.2) is 408 Å². The van der Waals surface area contributed by atoms with Gasteiger partial charge in [0.05, 0.1) is 72.4 Å². The van der Waals surface area contributed by atoms with Crippen LogP contribution in [0.25, 0.3) is 242 Å². The lowest BCUT2D eigenvalue weighted by Gasteiger charge is -2.13. The number of nitrogens with zero attached hydrogens (tertiary/aromatic N) is 5. The average Bonchev–Trinajstić information content (AvgIpc) is 1.68. The molecule has 0 N–H and O–H groups in total. The van der Waals surface area contributed by atoms with Crippen LogP contribution in [0, 0.1) is 0 Å². The molecule has 0 atom stereocenters. The van der Waals surface area contributed by atoms with Crippen LogP contribution in [-0.4, -0.2) is 24.9 Å². The van der Waals surface area contributed by atoms with E-state index in [-0.39, 0.29) is 0 Å². The predicted octanol–water partition coefficient (Wildman–Crippen LogP) is 29.8. The summed E-state index contributed by atoms with van der Waals surface area (Å²) in [5, 5.41) is 22.6. The number of benzene rings is 17. The highest BCUT2D eigenvalue weighted by Gasteiger charge is 2.23. The van der Waals surface area contributed by atoms with Crippen LogP contribution in [0.4, 0.5) is 0 Å². The highest BCUT2D eigenvalue weighted by molar-refractivity contribution is 6.27. The van der Waals surface area contributed by atoms with E-state index in [2.05, 4.69) is 315 Å². The van der Waals surface area contributed by atoms with Crippen LogP contribution in [0.3, 0.4) is 0 Å². The molecule has 0 aliphatic carbocycles. The summed E-state index contributed by atoms with van der Waals surface area (Å²) in [6, 6.07) is 137.